The molecule has 1 saturated heterocycles. The molecule has 0 unspecified atom stereocenters. The molecule has 1 fully saturated rings. The fourth-order valence-electron chi connectivity index (χ4n) is 4.51. The molecule has 0 bridgehead atoms. The van der Waals surface area contributed by atoms with E-state index in [1.807, 2.05) is 28.1 Å². The van der Waals surface area contributed by atoms with Crippen molar-refractivity contribution < 1.29 is 22.0 Å². The van der Waals surface area contributed by atoms with Gasteiger partial charge < -0.3 is 9.47 Å². The second-order valence-electron chi connectivity index (χ2n) is 8.60. The molecule has 0 aliphatic carbocycles. The molecule has 0 N–H and O–H groups in total. The molecule has 1 amide bonds. The summed E-state index contributed by atoms with van der Waals surface area (Å²) in [5, 5.41) is 2.88. The largest absolute Gasteiger partial charge is 0.334 e. The van der Waals surface area contributed by atoms with Gasteiger partial charge in [-0.25, -0.2) is 17.2 Å². The SMILES string of the molecule is C[C@@H]1CN(C(=O)c2cc3ccsc3n2Cc2cccc(F)c2)CCN1S(=O)(=O)c1ccc(F)cc1. The lowest BCUT2D eigenvalue weighted by Gasteiger charge is -2.39. The van der Waals surface area contributed by atoms with Gasteiger partial charge in [0.15, 0.2) is 0 Å². The van der Waals surface area contributed by atoms with E-state index < -0.39 is 21.9 Å². The quantitative estimate of drug-likeness (QED) is 0.391. The number of aromatic nitrogens is 1. The maximum atomic E-state index is 13.8. The average molecular weight is 516 g/mol. The van der Waals surface area contributed by atoms with Gasteiger partial charge in [0.25, 0.3) is 5.91 Å². The van der Waals surface area contributed by atoms with E-state index >= 15 is 0 Å². The summed E-state index contributed by atoms with van der Waals surface area (Å²) >= 11 is 1.51. The Bertz CT molecular complexity index is 1500. The Balaban J connectivity index is 1.39. The number of fused-ring (bicyclic) bond motifs is 1. The predicted molar refractivity (Wildman–Crippen MR) is 131 cm³/mol. The van der Waals surface area contributed by atoms with E-state index in [1.165, 1.54) is 39.9 Å². The molecule has 3 heterocycles. The van der Waals surface area contributed by atoms with Crippen LogP contribution < -0.4 is 0 Å². The smallest absolute Gasteiger partial charge is 0.270 e. The Hall–Kier alpha value is -3.08. The molecule has 1 aliphatic rings. The summed E-state index contributed by atoms with van der Waals surface area (Å²) in [5.74, 6) is -1.04. The molecule has 10 heteroatoms. The van der Waals surface area contributed by atoms with Gasteiger partial charge in [0.05, 0.1) is 4.90 Å². The zero-order valence-electron chi connectivity index (χ0n) is 18.9. The Labute approximate surface area is 206 Å². The number of halogens is 2. The van der Waals surface area contributed by atoms with Gasteiger partial charge in [0, 0.05) is 37.6 Å². The van der Waals surface area contributed by atoms with E-state index in [0.29, 0.717) is 12.2 Å². The van der Waals surface area contributed by atoms with Crippen molar-refractivity contribution in [1.82, 2.24) is 13.8 Å². The summed E-state index contributed by atoms with van der Waals surface area (Å²) in [6.45, 7) is 2.67. The van der Waals surface area contributed by atoms with Crippen molar-refractivity contribution in [3.63, 3.8) is 0 Å². The number of carbonyl (C=O) groups is 1. The third-order valence-electron chi connectivity index (χ3n) is 6.23. The van der Waals surface area contributed by atoms with Crippen molar-refractivity contribution in [2.75, 3.05) is 19.6 Å². The molecule has 1 aliphatic heterocycles. The van der Waals surface area contributed by atoms with Crippen LogP contribution in [0.4, 0.5) is 8.78 Å². The highest BCUT2D eigenvalue weighted by Crippen LogP contribution is 2.29. The van der Waals surface area contributed by atoms with Crippen molar-refractivity contribution in [3.8, 4) is 0 Å². The molecule has 6 nitrogen and oxygen atoms in total. The van der Waals surface area contributed by atoms with Crippen LogP contribution in [0.5, 0.6) is 0 Å². The molecule has 0 radical (unpaired) electrons. The zero-order chi connectivity index (χ0) is 24.7. The first kappa shape index (κ1) is 23.7. The van der Waals surface area contributed by atoms with Gasteiger partial charge in [0.1, 0.15) is 22.2 Å². The van der Waals surface area contributed by atoms with Gasteiger partial charge in [-0.3, -0.25) is 4.79 Å². The van der Waals surface area contributed by atoms with E-state index in [4.69, 9.17) is 0 Å². The van der Waals surface area contributed by atoms with Crippen molar-refractivity contribution in [2.45, 2.75) is 24.4 Å². The van der Waals surface area contributed by atoms with Crippen molar-refractivity contribution >= 4 is 37.5 Å². The number of hydrogen-bond donors (Lipinski definition) is 0. The average Bonchev–Trinajstić information content (AvgIpc) is 3.41. The van der Waals surface area contributed by atoms with Crippen LogP contribution >= 0.6 is 11.3 Å². The maximum absolute atomic E-state index is 13.8. The first-order valence-corrected chi connectivity index (χ1v) is 13.4. The van der Waals surface area contributed by atoms with Crippen LogP contribution in [0.15, 0.2) is 70.9 Å². The van der Waals surface area contributed by atoms with E-state index in [9.17, 15) is 22.0 Å². The molecule has 182 valence electrons. The van der Waals surface area contributed by atoms with E-state index in [-0.39, 0.29) is 36.3 Å². The highest BCUT2D eigenvalue weighted by Gasteiger charge is 2.36. The van der Waals surface area contributed by atoms with Crippen molar-refractivity contribution in [1.29, 1.82) is 0 Å². The number of nitrogens with zero attached hydrogens (tertiary/aromatic N) is 3. The van der Waals surface area contributed by atoms with Gasteiger partial charge in [-0.05, 0) is 66.4 Å². The third-order valence-corrected chi connectivity index (χ3v) is 9.20. The lowest BCUT2D eigenvalue weighted by Crippen LogP contribution is -2.55. The Morgan fingerprint density at radius 1 is 1.03 bits per heavy atom. The van der Waals surface area contributed by atoms with Gasteiger partial charge in [-0.2, -0.15) is 4.31 Å². The second-order valence-corrected chi connectivity index (χ2v) is 11.4. The minimum atomic E-state index is -3.82. The molecular formula is C25H23F2N3O3S2. The lowest BCUT2D eigenvalue weighted by atomic mass is 10.2. The molecule has 2 aromatic heterocycles. The monoisotopic (exact) mass is 515 g/mol. The zero-order valence-corrected chi connectivity index (χ0v) is 20.5. The molecule has 0 spiro atoms. The van der Waals surface area contributed by atoms with Crippen LogP contribution in [-0.2, 0) is 16.6 Å². The molecule has 4 aromatic rings. The highest BCUT2D eigenvalue weighted by atomic mass is 32.2. The normalized spacial score (nSPS) is 17.2. The standard InChI is InChI=1S/C25H23F2N3O3S2/c1-17-15-28(10-11-30(17)35(32,33)22-7-5-20(26)6-8-22)24(31)23-14-19-9-12-34-25(19)29(23)16-18-3-2-4-21(27)13-18/h2-9,12-14,17H,10-11,15-16H2,1H3/t17-/m1/s1. The second kappa shape index (κ2) is 9.18. The topological polar surface area (TPSA) is 62.6 Å². The van der Waals surface area contributed by atoms with Crippen LogP contribution in [0.25, 0.3) is 10.2 Å². The van der Waals surface area contributed by atoms with Gasteiger partial charge in [0.2, 0.25) is 10.0 Å². The van der Waals surface area contributed by atoms with Gasteiger partial charge in [-0.15, -0.1) is 11.3 Å². The van der Waals surface area contributed by atoms with Crippen LogP contribution in [-0.4, -0.2) is 53.8 Å². The van der Waals surface area contributed by atoms with E-state index in [2.05, 4.69) is 0 Å². The molecule has 2 aromatic carbocycles. The summed E-state index contributed by atoms with van der Waals surface area (Å²) in [6, 6.07) is 14.3. The van der Waals surface area contributed by atoms with Crippen LogP contribution in [0.3, 0.4) is 0 Å². The molecule has 35 heavy (non-hydrogen) atoms. The fraction of sp³-hybridized carbons (Fsp3) is 0.240. The minimum Gasteiger partial charge on any atom is -0.334 e. The van der Waals surface area contributed by atoms with Crippen LogP contribution in [0, 0.1) is 11.6 Å². The fourth-order valence-corrected chi connectivity index (χ4v) is 7.02. The summed E-state index contributed by atoms with van der Waals surface area (Å²) in [4.78, 5) is 16.2. The van der Waals surface area contributed by atoms with Crippen LogP contribution in [0.2, 0.25) is 0 Å². The first-order chi connectivity index (χ1) is 16.7. The number of sulfonamides is 1. The Morgan fingerprint density at radius 2 is 1.80 bits per heavy atom. The van der Waals surface area contributed by atoms with Gasteiger partial charge >= 0.3 is 0 Å². The van der Waals surface area contributed by atoms with E-state index in [0.717, 1.165) is 27.9 Å². The number of benzene rings is 2. The molecule has 0 saturated carbocycles. The predicted octanol–water partition coefficient (Wildman–Crippen LogP) is 4.56. The summed E-state index contributed by atoms with van der Waals surface area (Å²) in [6.07, 6.45) is 0. The van der Waals surface area contributed by atoms with E-state index in [1.54, 1.807) is 17.9 Å². The molecule has 1 atom stereocenters. The number of piperazine rings is 1. The van der Waals surface area contributed by atoms with Crippen molar-refractivity contribution in [3.05, 3.63) is 88.9 Å². The molecular weight excluding hydrogens is 492 g/mol. The summed E-state index contributed by atoms with van der Waals surface area (Å²) in [7, 11) is -3.82. The number of rotatable bonds is 5. The Morgan fingerprint density at radius 3 is 2.51 bits per heavy atom. The van der Waals surface area contributed by atoms with Crippen molar-refractivity contribution in [2.24, 2.45) is 0 Å². The number of thiophene rings is 1. The highest BCUT2D eigenvalue weighted by molar-refractivity contribution is 7.89. The molecule has 5 rings (SSSR count). The first-order valence-electron chi connectivity index (χ1n) is 11.1. The number of amides is 1. The van der Waals surface area contributed by atoms with Crippen LogP contribution in [0.1, 0.15) is 23.0 Å². The lowest BCUT2D eigenvalue weighted by molar-refractivity contribution is 0.0632. The third kappa shape index (κ3) is 4.49. The Kier molecular flexibility index (Phi) is 6.20. The number of hydrogen-bond acceptors (Lipinski definition) is 4. The summed E-state index contributed by atoms with van der Waals surface area (Å²) < 4.78 is 56.5. The minimum absolute atomic E-state index is 0.0229. The maximum Gasteiger partial charge on any atom is 0.270 e. The summed E-state index contributed by atoms with van der Waals surface area (Å²) in [5.41, 5.74) is 1.23. The number of carbonyl (C=O) groups excluding carboxylic acids is 1. The van der Waals surface area contributed by atoms with Gasteiger partial charge in [-0.1, -0.05) is 12.1 Å².